The van der Waals surface area contributed by atoms with Crippen LogP contribution < -0.4 is 4.74 Å². The molecule has 0 fully saturated rings. The van der Waals surface area contributed by atoms with Crippen molar-refractivity contribution < 1.29 is 32.5 Å². The van der Waals surface area contributed by atoms with Gasteiger partial charge in [0.15, 0.2) is 6.29 Å². The fraction of sp³-hybridized carbons (Fsp3) is 0.400. The standard InChI is InChI=1S/C35H38F3N3O4/c1-4-44-34(42)33-27(13-9-19-45-30-14-7-10-23-20-24(35(36,37)38)15-16-25(23)30)26-11-8-12-28-31-22(2)40(3)39-29(31)21-43-18-6-5-17-41(33)32(26)28/h7-8,10-12,14-16,20,34,42H,4-6,9,13,17-19,21H2,1-3H3. The van der Waals surface area contributed by atoms with Crippen LogP contribution >= 0.6 is 0 Å². The highest BCUT2D eigenvalue weighted by molar-refractivity contribution is 5.99. The van der Waals surface area contributed by atoms with E-state index in [0.717, 1.165) is 69.6 Å². The van der Waals surface area contributed by atoms with Crippen molar-refractivity contribution in [1.82, 2.24) is 14.3 Å². The van der Waals surface area contributed by atoms with Crippen molar-refractivity contribution in [2.75, 3.05) is 19.8 Å². The van der Waals surface area contributed by atoms with Crippen molar-refractivity contribution in [3.63, 3.8) is 0 Å². The van der Waals surface area contributed by atoms with Crippen LogP contribution in [0.15, 0.2) is 54.6 Å². The monoisotopic (exact) mass is 621 g/mol. The first-order chi connectivity index (χ1) is 21.7. The van der Waals surface area contributed by atoms with E-state index in [1.54, 1.807) is 18.2 Å². The first kappa shape index (κ1) is 31.1. The Hall–Kier alpha value is -3.86. The van der Waals surface area contributed by atoms with E-state index >= 15 is 0 Å². The van der Waals surface area contributed by atoms with Gasteiger partial charge in [0.25, 0.3) is 0 Å². The molecule has 3 heterocycles. The first-order valence-electron chi connectivity index (χ1n) is 15.5. The molecule has 6 rings (SSSR count). The summed E-state index contributed by atoms with van der Waals surface area (Å²) in [6.45, 7) is 6.37. The van der Waals surface area contributed by atoms with Gasteiger partial charge >= 0.3 is 6.18 Å². The maximum atomic E-state index is 13.3. The Morgan fingerprint density at radius 3 is 2.69 bits per heavy atom. The quantitative estimate of drug-likeness (QED) is 0.141. The molecule has 3 aromatic carbocycles. The molecule has 1 aliphatic rings. The average molecular weight is 622 g/mol. The van der Waals surface area contributed by atoms with Gasteiger partial charge < -0.3 is 23.9 Å². The lowest BCUT2D eigenvalue weighted by atomic mass is 9.98. The zero-order valence-electron chi connectivity index (χ0n) is 25.8. The lowest BCUT2D eigenvalue weighted by Gasteiger charge is -2.18. The number of benzene rings is 3. The van der Waals surface area contributed by atoms with Crippen LogP contribution in [0.2, 0.25) is 0 Å². The van der Waals surface area contributed by atoms with Crippen molar-refractivity contribution in [1.29, 1.82) is 0 Å². The third-order valence-electron chi connectivity index (χ3n) is 8.62. The molecule has 45 heavy (non-hydrogen) atoms. The number of aromatic nitrogens is 3. The number of nitrogens with zero attached hydrogens (tertiary/aromatic N) is 3. The van der Waals surface area contributed by atoms with E-state index in [-0.39, 0.29) is 0 Å². The topological polar surface area (TPSA) is 70.7 Å². The second-order valence-electron chi connectivity index (χ2n) is 11.5. The predicted octanol–water partition coefficient (Wildman–Crippen LogP) is 7.87. The SMILES string of the molecule is CCOC(O)c1c(CCCOc2cccc3cc(C(F)(F)F)ccc23)c2cccc3c2n1CCCCOCc1nn(C)c(C)c1-3. The van der Waals surface area contributed by atoms with Crippen LogP contribution in [-0.4, -0.2) is 39.3 Å². The summed E-state index contributed by atoms with van der Waals surface area (Å²) in [5.41, 5.74) is 6.10. The first-order valence-corrected chi connectivity index (χ1v) is 15.5. The summed E-state index contributed by atoms with van der Waals surface area (Å²) in [5.74, 6) is 0.539. The van der Waals surface area contributed by atoms with E-state index in [4.69, 9.17) is 19.3 Å². The molecule has 0 bridgehead atoms. The highest BCUT2D eigenvalue weighted by Gasteiger charge is 2.31. The average Bonchev–Trinajstić information content (AvgIpc) is 3.47. The summed E-state index contributed by atoms with van der Waals surface area (Å²) >= 11 is 0. The van der Waals surface area contributed by atoms with Crippen molar-refractivity contribution in [3.05, 3.63) is 82.8 Å². The summed E-state index contributed by atoms with van der Waals surface area (Å²) in [6.07, 6.45) is -2.55. The zero-order valence-corrected chi connectivity index (χ0v) is 25.8. The second-order valence-corrected chi connectivity index (χ2v) is 11.5. The molecule has 1 aliphatic heterocycles. The molecule has 1 unspecified atom stereocenters. The Balaban J connectivity index is 1.36. The van der Waals surface area contributed by atoms with Crippen LogP contribution in [-0.2, 0) is 42.3 Å². The highest BCUT2D eigenvalue weighted by atomic mass is 19.4. The van der Waals surface area contributed by atoms with Crippen LogP contribution in [0.25, 0.3) is 32.8 Å². The molecule has 1 N–H and O–H groups in total. The molecule has 0 saturated heterocycles. The van der Waals surface area contributed by atoms with Crippen molar-refractivity contribution in [3.8, 4) is 16.9 Å². The number of ether oxygens (including phenoxy) is 3. The molecule has 10 heteroatoms. The molecule has 0 aliphatic carbocycles. The maximum absolute atomic E-state index is 13.3. The minimum atomic E-state index is -4.41. The lowest BCUT2D eigenvalue weighted by molar-refractivity contribution is -0.137. The molecule has 0 radical (unpaired) electrons. The number of hydrogen-bond acceptors (Lipinski definition) is 5. The zero-order chi connectivity index (χ0) is 31.7. The van der Waals surface area contributed by atoms with Gasteiger partial charge in [0.1, 0.15) is 5.75 Å². The Morgan fingerprint density at radius 1 is 1.07 bits per heavy atom. The van der Waals surface area contributed by atoms with Gasteiger partial charge in [0.2, 0.25) is 0 Å². The lowest BCUT2D eigenvalue weighted by Crippen LogP contribution is -2.14. The van der Waals surface area contributed by atoms with Gasteiger partial charge in [-0.25, -0.2) is 0 Å². The van der Waals surface area contributed by atoms with E-state index in [0.29, 0.717) is 62.3 Å². The molecule has 7 nitrogen and oxygen atoms in total. The van der Waals surface area contributed by atoms with E-state index in [2.05, 4.69) is 23.6 Å². The van der Waals surface area contributed by atoms with Crippen molar-refractivity contribution >= 4 is 21.7 Å². The molecule has 0 saturated carbocycles. The number of aryl methyl sites for hydroxylation is 3. The summed E-state index contributed by atoms with van der Waals surface area (Å²) in [6, 6.07) is 15.1. The van der Waals surface area contributed by atoms with Crippen molar-refractivity contribution in [2.24, 2.45) is 7.05 Å². The molecule has 0 amide bonds. The van der Waals surface area contributed by atoms with Crippen LogP contribution in [0.1, 0.15) is 60.7 Å². The predicted molar refractivity (Wildman–Crippen MR) is 167 cm³/mol. The molecular weight excluding hydrogens is 583 g/mol. The van der Waals surface area contributed by atoms with E-state index in [1.165, 1.54) is 6.07 Å². The number of rotatable bonds is 8. The van der Waals surface area contributed by atoms with Crippen LogP contribution in [0.4, 0.5) is 13.2 Å². The fourth-order valence-corrected chi connectivity index (χ4v) is 6.47. The second kappa shape index (κ2) is 12.9. The fourth-order valence-electron chi connectivity index (χ4n) is 6.47. The number of fused-ring (bicyclic) bond motifs is 3. The summed E-state index contributed by atoms with van der Waals surface area (Å²) in [4.78, 5) is 0. The normalized spacial score (nSPS) is 14.8. The Labute approximate surface area is 260 Å². The van der Waals surface area contributed by atoms with Crippen LogP contribution in [0.5, 0.6) is 5.75 Å². The van der Waals surface area contributed by atoms with Gasteiger partial charge in [-0.05, 0) is 68.7 Å². The number of aliphatic hydroxyl groups is 1. The molecule has 0 spiro atoms. The Morgan fingerprint density at radius 2 is 1.89 bits per heavy atom. The van der Waals surface area contributed by atoms with Gasteiger partial charge in [-0.3, -0.25) is 4.68 Å². The number of hydrogen-bond donors (Lipinski definition) is 1. The summed E-state index contributed by atoms with van der Waals surface area (Å²) in [5, 5.41) is 18.3. The molecule has 238 valence electrons. The highest BCUT2D eigenvalue weighted by Crippen LogP contribution is 2.41. The van der Waals surface area contributed by atoms with Gasteiger partial charge in [0, 0.05) is 54.4 Å². The third-order valence-corrected chi connectivity index (χ3v) is 8.62. The van der Waals surface area contributed by atoms with Gasteiger partial charge in [-0.1, -0.05) is 36.4 Å². The molecular formula is C35H38F3N3O4. The van der Waals surface area contributed by atoms with Crippen molar-refractivity contribution in [2.45, 2.75) is 65.1 Å². The summed E-state index contributed by atoms with van der Waals surface area (Å²) in [7, 11) is 1.94. The van der Waals surface area contributed by atoms with Gasteiger partial charge in [-0.15, -0.1) is 0 Å². The van der Waals surface area contributed by atoms with Crippen LogP contribution in [0, 0.1) is 6.92 Å². The number of halogens is 3. The summed E-state index contributed by atoms with van der Waals surface area (Å²) < 4.78 is 61.8. The minimum Gasteiger partial charge on any atom is -0.493 e. The molecule has 5 aromatic rings. The third kappa shape index (κ3) is 6.06. The van der Waals surface area contributed by atoms with Crippen LogP contribution in [0.3, 0.4) is 0 Å². The Bertz CT molecular complexity index is 1830. The number of aliphatic hydroxyl groups excluding tert-OH is 1. The Kier molecular flexibility index (Phi) is 8.90. The maximum Gasteiger partial charge on any atom is 0.416 e. The number of alkyl halides is 3. The molecule has 2 aromatic heterocycles. The number of para-hydroxylation sites is 1. The minimum absolute atomic E-state index is 0.347. The smallest absolute Gasteiger partial charge is 0.416 e. The van der Waals surface area contributed by atoms with E-state index in [9.17, 15) is 18.3 Å². The van der Waals surface area contributed by atoms with E-state index < -0.39 is 18.0 Å². The van der Waals surface area contributed by atoms with E-state index in [1.807, 2.05) is 24.7 Å². The largest absolute Gasteiger partial charge is 0.493 e. The van der Waals surface area contributed by atoms with Gasteiger partial charge in [0.05, 0.1) is 35.7 Å². The molecule has 1 atom stereocenters. The van der Waals surface area contributed by atoms with Gasteiger partial charge in [-0.2, -0.15) is 18.3 Å².